The second-order valence-corrected chi connectivity index (χ2v) is 5.98. The lowest BCUT2D eigenvalue weighted by Gasteiger charge is -2.11. The van der Waals surface area contributed by atoms with Crippen molar-refractivity contribution in [1.29, 1.82) is 0 Å². The van der Waals surface area contributed by atoms with Crippen molar-refractivity contribution in [2.24, 2.45) is 0 Å². The highest BCUT2D eigenvalue weighted by atomic mass is 19.1. The molecular formula is C21H14F2N2O3. The Bertz CT molecular complexity index is 1150. The van der Waals surface area contributed by atoms with Gasteiger partial charge in [0.1, 0.15) is 5.69 Å². The highest BCUT2D eigenvalue weighted by Gasteiger charge is 2.17. The monoisotopic (exact) mass is 380 g/mol. The number of pyridine rings is 1. The number of hydrogen-bond acceptors (Lipinski definition) is 4. The van der Waals surface area contributed by atoms with Gasteiger partial charge >= 0.3 is 0 Å². The van der Waals surface area contributed by atoms with E-state index in [1.807, 2.05) is 0 Å². The molecule has 140 valence electrons. The maximum absolute atomic E-state index is 13.9. The predicted molar refractivity (Wildman–Crippen MR) is 100 cm³/mol. The largest absolute Gasteiger partial charge is 0.491 e. The summed E-state index contributed by atoms with van der Waals surface area (Å²) in [6.07, 6.45) is 1.51. The van der Waals surface area contributed by atoms with E-state index >= 15 is 0 Å². The van der Waals surface area contributed by atoms with Gasteiger partial charge in [0.15, 0.2) is 23.1 Å². The van der Waals surface area contributed by atoms with Crippen LogP contribution in [-0.4, -0.2) is 18.0 Å². The third kappa shape index (κ3) is 3.18. The fourth-order valence-corrected chi connectivity index (χ4v) is 2.94. The molecule has 0 bridgehead atoms. The minimum Gasteiger partial charge on any atom is -0.491 e. The third-order valence-electron chi connectivity index (χ3n) is 4.19. The van der Waals surface area contributed by atoms with Crippen molar-refractivity contribution in [2.75, 3.05) is 12.4 Å². The molecule has 1 N–H and O–H groups in total. The molecule has 2 heterocycles. The van der Waals surface area contributed by atoms with Gasteiger partial charge in [0, 0.05) is 23.2 Å². The Hall–Kier alpha value is -3.74. The van der Waals surface area contributed by atoms with Crippen LogP contribution in [0.3, 0.4) is 0 Å². The number of amides is 1. The van der Waals surface area contributed by atoms with Crippen LogP contribution >= 0.6 is 0 Å². The zero-order valence-electron chi connectivity index (χ0n) is 14.7. The number of para-hydroxylation sites is 1. The molecule has 4 aromatic rings. The van der Waals surface area contributed by atoms with Crippen molar-refractivity contribution >= 4 is 22.5 Å². The maximum Gasteiger partial charge on any atom is 0.256 e. The van der Waals surface area contributed by atoms with Gasteiger partial charge in [0.25, 0.3) is 5.91 Å². The number of ether oxygens (including phenoxy) is 1. The number of halogens is 2. The zero-order valence-corrected chi connectivity index (χ0v) is 14.7. The zero-order chi connectivity index (χ0) is 19.7. The van der Waals surface area contributed by atoms with Gasteiger partial charge in [-0.3, -0.25) is 4.79 Å². The maximum atomic E-state index is 13.9. The number of rotatable bonds is 4. The van der Waals surface area contributed by atoms with Gasteiger partial charge in [-0.2, -0.15) is 0 Å². The summed E-state index contributed by atoms with van der Waals surface area (Å²) in [5.74, 6) is -2.36. The second-order valence-electron chi connectivity index (χ2n) is 5.98. The van der Waals surface area contributed by atoms with Gasteiger partial charge in [-0.25, -0.2) is 13.8 Å². The normalized spacial score (nSPS) is 10.8. The first-order chi connectivity index (χ1) is 13.6. The van der Waals surface area contributed by atoms with Crippen LogP contribution in [0.5, 0.6) is 5.75 Å². The Balaban J connectivity index is 1.77. The first kappa shape index (κ1) is 17.7. The van der Waals surface area contributed by atoms with E-state index in [0.717, 1.165) is 12.1 Å². The predicted octanol–water partition coefficient (Wildman–Crippen LogP) is 5.03. The van der Waals surface area contributed by atoms with Gasteiger partial charge in [-0.1, -0.05) is 18.2 Å². The molecule has 2 aromatic heterocycles. The van der Waals surface area contributed by atoms with Gasteiger partial charge in [-0.15, -0.1) is 0 Å². The number of furan rings is 1. The molecule has 0 radical (unpaired) electrons. The molecule has 0 aliphatic carbocycles. The lowest BCUT2D eigenvalue weighted by molar-refractivity contribution is 0.102. The first-order valence-corrected chi connectivity index (χ1v) is 8.35. The summed E-state index contributed by atoms with van der Waals surface area (Å²) in [7, 11) is 1.17. The Morgan fingerprint density at radius 3 is 2.50 bits per heavy atom. The fraction of sp³-hybridized carbons (Fsp3) is 0.0476. The van der Waals surface area contributed by atoms with Crippen molar-refractivity contribution in [3.05, 3.63) is 78.1 Å². The third-order valence-corrected chi connectivity index (χ3v) is 4.19. The number of nitrogens with one attached hydrogen (secondary N) is 1. The number of carbonyl (C=O) groups excluding carboxylic acids is 1. The lowest BCUT2D eigenvalue weighted by Crippen LogP contribution is -2.13. The van der Waals surface area contributed by atoms with E-state index in [-0.39, 0.29) is 5.69 Å². The molecule has 5 nitrogen and oxygen atoms in total. The number of fused-ring (bicyclic) bond motifs is 1. The molecule has 2 aromatic carbocycles. The molecule has 0 spiro atoms. The van der Waals surface area contributed by atoms with Crippen LogP contribution in [0, 0.1) is 11.6 Å². The summed E-state index contributed by atoms with van der Waals surface area (Å²) in [6.45, 7) is 0. The number of nitrogens with zero attached hydrogens (tertiary/aromatic N) is 1. The van der Waals surface area contributed by atoms with E-state index in [1.54, 1.807) is 42.5 Å². The average Bonchev–Trinajstić information content (AvgIpc) is 3.21. The van der Waals surface area contributed by atoms with E-state index in [9.17, 15) is 13.6 Å². The van der Waals surface area contributed by atoms with Crippen LogP contribution in [0.2, 0.25) is 0 Å². The molecule has 1 amide bonds. The lowest BCUT2D eigenvalue weighted by atomic mass is 10.1. The Morgan fingerprint density at radius 1 is 1.07 bits per heavy atom. The molecule has 0 fully saturated rings. The van der Waals surface area contributed by atoms with E-state index < -0.39 is 23.3 Å². The van der Waals surface area contributed by atoms with Crippen molar-refractivity contribution in [3.63, 3.8) is 0 Å². The Kier molecular flexibility index (Phi) is 4.49. The summed E-state index contributed by atoms with van der Waals surface area (Å²) in [6, 6.07) is 14.1. The van der Waals surface area contributed by atoms with Crippen LogP contribution in [0.4, 0.5) is 14.5 Å². The Labute approximate surface area is 158 Å². The van der Waals surface area contributed by atoms with Gasteiger partial charge in [-0.05, 0) is 24.3 Å². The molecule has 0 saturated heterocycles. The standard InChI is InChI=1S/C21H14F2N2O3/c1-27-20-15(22)9-12(10-16(20)23)24-21(26)14-11-18(19-7-4-8-28-19)25-17-6-3-2-5-13(14)17/h2-11H,1H3,(H,24,26). The molecule has 7 heteroatoms. The molecule has 0 aliphatic rings. The van der Waals surface area contributed by atoms with Crippen LogP contribution in [-0.2, 0) is 0 Å². The molecule has 0 atom stereocenters. The molecule has 28 heavy (non-hydrogen) atoms. The first-order valence-electron chi connectivity index (χ1n) is 8.35. The van der Waals surface area contributed by atoms with Crippen LogP contribution in [0.15, 0.2) is 65.3 Å². The molecule has 4 rings (SSSR count). The van der Waals surface area contributed by atoms with E-state index in [2.05, 4.69) is 15.0 Å². The van der Waals surface area contributed by atoms with E-state index in [1.165, 1.54) is 13.4 Å². The van der Waals surface area contributed by atoms with Crippen molar-refractivity contribution in [1.82, 2.24) is 4.98 Å². The number of hydrogen-bond donors (Lipinski definition) is 1. The van der Waals surface area contributed by atoms with Crippen LogP contribution in [0.25, 0.3) is 22.4 Å². The van der Waals surface area contributed by atoms with E-state index in [4.69, 9.17) is 4.42 Å². The number of benzene rings is 2. The smallest absolute Gasteiger partial charge is 0.256 e. The highest BCUT2D eigenvalue weighted by molar-refractivity contribution is 6.13. The number of aromatic nitrogens is 1. The Morgan fingerprint density at radius 2 is 1.82 bits per heavy atom. The van der Waals surface area contributed by atoms with Crippen LogP contribution < -0.4 is 10.1 Å². The summed E-state index contributed by atoms with van der Waals surface area (Å²) in [4.78, 5) is 17.4. The summed E-state index contributed by atoms with van der Waals surface area (Å²) >= 11 is 0. The van der Waals surface area contributed by atoms with Crippen molar-refractivity contribution < 1.29 is 22.7 Å². The highest BCUT2D eigenvalue weighted by Crippen LogP contribution is 2.28. The number of carbonyl (C=O) groups is 1. The van der Waals surface area contributed by atoms with E-state index in [0.29, 0.717) is 27.9 Å². The number of methoxy groups -OCH3 is 1. The number of anilines is 1. The van der Waals surface area contributed by atoms with Crippen molar-refractivity contribution in [2.45, 2.75) is 0 Å². The minimum atomic E-state index is -0.909. The van der Waals surface area contributed by atoms with Gasteiger partial charge in [0.2, 0.25) is 0 Å². The summed E-state index contributed by atoms with van der Waals surface area (Å²) in [5.41, 5.74) is 1.34. The quantitative estimate of drug-likeness (QED) is 0.539. The molecule has 0 aliphatic heterocycles. The van der Waals surface area contributed by atoms with Gasteiger partial charge in [0.05, 0.1) is 24.5 Å². The topological polar surface area (TPSA) is 64.4 Å². The van der Waals surface area contributed by atoms with Crippen molar-refractivity contribution in [3.8, 4) is 17.2 Å². The molecular weight excluding hydrogens is 366 g/mol. The minimum absolute atomic E-state index is 0.0266. The summed E-state index contributed by atoms with van der Waals surface area (Å²) < 4.78 is 37.9. The van der Waals surface area contributed by atoms with Gasteiger partial charge < -0.3 is 14.5 Å². The molecule has 0 unspecified atom stereocenters. The SMILES string of the molecule is COc1c(F)cc(NC(=O)c2cc(-c3ccco3)nc3ccccc23)cc1F. The second kappa shape index (κ2) is 7.11. The summed E-state index contributed by atoms with van der Waals surface area (Å²) in [5, 5.41) is 3.12. The fourth-order valence-electron chi connectivity index (χ4n) is 2.94. The van der Waals surface area contributed by atoms with Crippen LogP contribution in [0.1, 0.15) is 10.4 Å². The average molecular weight is 380 g/mol. The molecule has 0 saturated carbocycles.